The van der Waals surface area contributed by atoms with Crippen molar-refractivity contribution in [2.24, 2.45) is 5.10 Å². The van der Waals surface area contributed by atoms with Crippen LogP contribution in [-0.4, -0.2) is 36.5 Å². The third-order valence-corrected chi connectivity index (χ3v) is 3.93. The first-order valence-electron chi connectivity index (χ1n) is 7.47. The summed E-state index contributed by atoms with van der Waals surface area (Å²) in [7, 11) is 3.14. The summed E-state index contributed by atoms with van der Waals surface area (Å²) < 4.78 is 16.2. The van der Waals surface area contributed by atoms with Gasteiger partial charge in [0.05, 0.1) is 32.3 Å². The number of nitrogens with one attached hydrogen (secondary N) is 2. The molecule has 1 aromatic carbocycles. The number of H-pyrrole nitrogens is 1. The molecule has 1 amide bonds. The van der Waals surface area contributed by atoms with Gasteiger partial charge in [0, 0.05) is 11.1 Å². The third kappa shape index (κ3) is 3.77. The molecule has 0 aliphatic carbocycles. The van der Waals surface area contributed by atoms with Gasteiger partial charge in [-0.2, -0.15) is 10.2 Å². The molecular formula is C17H15BrN4O4. The maximum Gasteiger partial charge on any atom is 0.307 e. The minimum absolute atomic E-state index is 0.154. The molecule has 0 bridgehead atoms. The van der Waals surface area contributed by atoms with Crippen LogP contribution in [0, 0.1) is 0 Å². The molecule has 0 fully saturated rings. The first-order chi connectivity index (χ1) is 12.6. The lowest BCUT2D eigenvalue weighted by Gasteiger charge is -2.09. The number of furan rings is 1. The lowest BCUT2D eigenvalue weighted by Crippen LogP contribution is -2.16. The molecule has 134 valence electrons. The van der Waals surface area contributed by atoms with E-state index in [9.17, 15) is 4.79 Å². The first kappa shape index (κ1) is 17.7. The van der Waals surface area contributed by atoms with Crippen molar-refractivity contribution < 1.29 is 18.7 Å². The van der Waals surface area contributed by atoms with Crippen LogP contribution in [0.2, 0.25) is 0 Å². The lowest BCUT2D eigenvalue weighted by molar-refractivity contribution is 0.0926. The molecule has 0 saturated carbocycles. The molecular weight excluding hydrogens is 404 g/mol. The summed E-state index contributed by atoms with van der Waals surface area (Å²) in [5, 5.41) is 10.9. The number of halogens is 1. The highest BCUT2D eigenvalue weighted by atomic mass is 79.9. The number of methoxy groups -OCH3 is 2. The molecule has 2 N–H and O–H groups in total. The van der Waals surface area contributed by atoms with Gasteiger partial charge in [0.1, 0.15) is 0 Å². The fraction of sp³-hybridized carbons (Fsp3) is 0.118. The monoisotopic (exact) mass is 418 g/mol. The number of ether oxygens (including phenoxy) is 2. The number of rotatable bonds is 6. The Morgan fingerprint density at radius 1 is 1.27 bits per heavy atom. The van der Waals surface area contributed by atoms with Crippen molar-refractivity contribution in [1.82, 2.24) is 15.6 Å². The molecule has 0 spiro atoms. The van der Waals surface area contributed by atoms with Crippen LogP contribution in [0.25, 0.3) is 11.3 Å². The van der Waals surface area contributed by atoms with Crippen LogP contribution in [0.4, 0.5) is 0 Å². The van der Waals surface area contributed by atoms with E-state index in [0.29, 0.717) is 21.7 Å². The Morgan fingerprint density at radius 3 is 2.77 bits per heavy atom. The zero-order chi connectivity index (χ0) is 18.5. The van der Waals surface area contributed by atoms with Gasteiger partial charge in [-0.25, -0.2) is 5.43 Å². The quantitative estimate of drug-likeness (QED) is 0.472. The van der Waals surface area contributed by atoms with Crippen molar-refractivity contribution in [3.63, 3.8) is 0 Å². The molecule has 8 nitrogen and oxygen atoms in total. The van der Waals surface area contributed by atoms with Gasteiger partial charge in [-0.1, -0.05) is 0 Å². The number of carbonyl (C=O) groups excluding carboxylic acids is 1. The molecule has 0 saturated heterocycles. The van der Waals surface area contributed by atoms with E-state index >= 15 is 0 Å². The maximum absolute atomic E-state index is 11.9. The number of carbonyl (C=O) groups is 1. The molecule has 0 atom stereocenters. The predicted octanol–water partition coefficient (Wildman–Crippen LogP) is 3.21. The summed E-state index contributed by atoms with van der Waals surface area (Å²) in [6.07, 6.45) is 3.09. The van der Waals surface area contributed by atoms with Crippen LogP contribution in [0.15, 0.2) is 50.7 Å². The summed E-state index contributed by atoms with van der Waals surface area (Å²) in [6, 6.07) is 8.66. The third-order valence-electron chi connectivity index (χ3n) is 3.51. The standard InChI is InChI=1S/C17H15BrN4O4/c1-24-12-4-3-10(7-14(12)25-2)16-11(8-19-21-16)9-20-22-17(23)13-5-6-15(18)26-13/h3-9H,1-2H3,(H,19,21)(H,22,23)/b20-9-. The SMILES string of the molecule is COc1ccc(-c2[nH]ncc2/C=N\NC(=O)c2ccc(Br)o2)cc1OC. The molecule has 3 rings (SSSR count). The van der Waals surface area contributed by atoms with E-state index in [0.717, 1.165) is 11.3 Å². The number of hydrogen-bond donors (Lipinski definition) is 2. The van der Waals surface area contributed by atoms with Crippen LogP contribution in [-0.2, 0) is 0 Å². The van der Waals surface area contributed by atoms with E-state index in [1.165, 1.54) is 6.21 Å². The van der Waals surface area contributed by atoms with E-state index in [4.69, 9.17) is 13.9 Å². The highest BCUT2D eigenvalue weighted by Crippen LogP contribution is 2.32. The highest BCUT2D eigenvalue weighted by molar-refractivity contribution is 9.10. The summed E-state index contributed by atoms with van der Waals surface area (Å²) in [6.45, 7) is 0. The average molecular weight is 419 g/mol. The maximum atomic E-state index is 11.9. The van der Waals surface area contributed by atoms with Crippen molar-refractivity contribution >= 4 is 28.1 Å². The van der Waals surface area contributed by atoms with Gasteiger partial charge in [-0.15, -0.1) is 0 Å². The van der Waals surface area contributed by atoms with Crippen molar-refractivity contribution in [2.45, 2.75) is 0 Å². The van der Waals surface area contributed by atoms with E-state index in [-0.39, 0.29) is 5.76 Å². The number of amides is 1. The van der Waals surface area contributed by atoms with Crippen LogP contribution in [0.3, 0.4) is 0 Å². The number of aromatic amines is 1. The highest BCUT2D eigenvalue weighted by Gasteiger charge is 2.12. The number of nitrogens with zero attached hydrogens (tertiary/aromatic N) is 2. The topological polar surface area (TPSA) is 102 Å². The fourth-order valence-corrected chi connectivity index (χ4v) is 2.57. The molecule has 0 aliphatic rings. The first-order valence-corrected chi connectivity index (χ1v) is 8.26. The van der Waals surface area contributed by atoms with Crippen molar-refractivity contribution in [3.05, 3.63) is 52.5 Å². The van der Waals surface area contributed by atoms with Gasteiger partial charge in [0.25, 0.3) is 0 Å². The molecule has 3 aromatic rings. The molecule has 2 heterocycles. The molecule has 26 heavy (non-hydrogen) atoms. The van der Waals surface area contributed by atoms with Gasteiger partial charge >= 0.3 is 5.91 Å². The van der Waals surface area contributed by atoms with Crippen molar-refractivity contribution in [1.29, 1.82) is 0 Å². The number of hydrogen-bond acceptors (Lipinski definition) is 6. The minimum Gasteiger partial charge on any atom is -0.493 e. The fourth-order valence-electron chi connectivity index (χ4n) is 2.27. The Labute approximate surface area is 157 Å². The summed E-state index contributed by atoms with van der Waals surface area (Å²) >= 11 is 3.14. The van der Waals surface area contributed by atoms with Crippen molar-refractivity contribution in [2.75, 3.05) is 14.2 Å². The minimum atomic E-state index is -0.455. The molecule has 9 heteroatoms. The zero-order valence-electron chi connectivity index (χ0n) is 13.9. The van der Waals surface area contributed by atoms with Crippen LogP contribution >= 0.6 is 15.9 Å². The molecule has 0 radical (unpaired) electrons. The molecule has 0 aliphatic heterocycles. The Bertz CT molecular complexity index is 948. The molecule has 2 aromatic heterocycles. The second-order valence-electron chi connectivity index (χ2n) is 5.07. The Kier molecular flexibility index (Phi) is 5.37. The Morgan fingerprint density at radius 2 is 2.08 bits per heavy atom. The van der Waals surface area contributed by atoms with Crippen LogP contribution < -0.4 is 14.9 Å². The van der Waals surface area contributed by atoms with Crippen LogP contribution in [0.1, 0.15) is 16.1 Å². The Hall–Kier alpha value is -3.07. The van der Waals surface area contributed by atoms with E-state index < -0.39 is 5.91 Å². The number of hydrazone groups is 1. The molecule has 0 unspecified atom stereocenters. The lowest BCUT2D eigenvalue weighted by atomic mass is 10.1. The zero-order valence-corrected chi connectivity index (χ0v) is 15.5. The van der Waals surface area contributed by atoms with Gasteiger partial charge < -0.3 is 13.9 Å². The predicted molar refractivity (Wildman–Crippen MR) is 98.6 cm³/mol. The van der Waals surface area contributed by atoms with Crippen molar-refractivity contribution in [3.8, 4) is 22.8 Å². The van der Waals surface area contributed by atoms with E-state index in [1.807, 2.05) is 12.1 Å². The smallest absolute Gasteiger partial charge is 0.307 e. The van der Waals surface area contributed by atoms with Gasteiger partial charge in [0.15, 0.2) is 21.9 Å². The van der Waals surface area contributed by atoms with Gasteiger partial charge in [0.2, 0.25) is 0 Å². The second-order valence-corrected chi connectivity index (χ2v) is 5.85. The van der Waals surface area contributed by atoms with E-state index in [2.05, 4.69) is 36.7 Å². The number of benzene rings is 1. The average Bonchev–Trinajstić information content (AvgIpc) is 3.30. The van der Waals surface area contributed by atoms with Gasteiger partial charge in [-0.05, 0) is 46.3 Å². The summed E-state index contributed by atoms with van der Waals surface area (Å²) in [5.41, 5.74) is 4.65. The summed E-state index contributed by atoms with van der Waals surface area (Å²) in [5.74, 6) is 0.923. The van der Waals surface area contributed by atoms with Gasteiger partial charge in [-0.3, -0.25) is 9.89 Å². The normalized spacial score (nSPS) is 10.9. The van der Waals surface area contributed by atoms with Crippen LogP contribution in [0.5, 0.6) is 11.5 Å². The largest absolute Gasteiger partial charge is 0.493 e. The van der Waals surface area contributed by atoms with E-state index in [1.54, 1.807) is 38.6 Å². The summed E-state index contributed by atoms with van der Waals surface area (Å²) in [4.78, 5) is 11.9. The number of aromatic nitrogens is 2. The Balaban J connectivity index is 1.77. The second kappa shape index (κ2) is 7.87.